The van der Waals surface area contributed by atoms with Crippen molar-refractivity contribution in [3.05, 3.63) is 63.5 Å². The maximum Gasteiger partial charge on any atom is 0.272 e. The normalized spacial score (nSPS) is 11.7. The van der Waals surface area contributed by atoms with Gasteiger partial charge in [0, 0.05) is 15.7 Å². The third-order valence-electron chi connectivity index (χ3n) is 2.72. The van der Waals surface area contributed by atoms with E-state index in [-0.39, 0.29) is 11.3 Å². The molecule has 0 fully saturated rings. The number of phenols is 1. The highest BCUT2D eigenvalue weighted by atomic mass is 79.9. The molecule has 0 bridgehead atoms. The lowest BCUT2D eigenvalue weighted by molar-refractivity contribution is 0.474. The number of allylic oxidation sites excluding steroid dienone is 1. The molecule has 2 aromatic rings. The van der Waals surface area contributed by atoms with Gasteiger partial charge in [0.15, 0.2) is 4.91 Å². The van der Waals surface area contributed by atoms with Crippen molar-refractivity contribution in [2.24, 2.45) is 0 Å². The number of hydrogen-bond acceptors (Lipinski definition) is 4. The van der Waals surface area contributed by atoms with Gasteiger partial charge in [-0.1, -0.05) is 34.1 Å². The zero-order valence-corrected chi connectivity index (χ0v) is 13.6. The van der Waals surface area contributed by atoms with E-state index in [1.807, 2.05) is 0 Å². The minimum absolute atomic E-state index is 0.103. The fraction of sp³-hybridized carbons (Fsp3) is 0. The van der Waals surface area contributed by atoms with Crippen molar-refractivity contribution in [1.82, 2.24) is 0 Å². The molecule has 0 aliphatic carbocycles. The molecule has 0 amide bonds. The first-order valence-electron chi connectivity index (χ1n) is 6.10. The van der Waals surface area contributed by atoms with Gasteiger partial charge in [0.25, 0.3) is 10.0 Å². The van der Waals surface area contributed by atoms with Crippen LogP contribution in [0.1, 0.15) is 5.56 Å². The highest BCUT2D eigenvalue weighted by Gasteiger charge is 2.18. The molecule has 0 aromatic heterocycles. The molecule has 22 heavy (non-hydrogen) atoms. The van der Waals surface area contributed by atoms with Crippen LogP contribution in [0.25, 0.3) is 6.08 Å². The van der Waals surface area contributed by atoms with Crippen LogP contribution >= 0.6 is 15.9 Å². The minimum atomic E-state index is -4.03. The van der Waals surface area contributed by atoms with Crippen molar-refractivity contribution < 1.29 is 13.5 Å². The molecule has 0 aliphatic heterocycles. The van der Waals surface area contributed by atoms with Crippen molar-refractivity contribution in [3.63, 3.8) is 0 Å². The van der Waals surface area contributed by atoms with Gasteiger partial charge in [0.1, 0.15) is 11.8 Å². The molecule has 0 heterocycles. The highest BCUT2D eigenvalue weighted by Crippen LogP contribution is 2.22. The number of sulfonamides is 1. The van der Waals surface area contributed by atoms with E-state index in [9.17, 15) is 13.5 Å². The second-order valence-corrected chi connectivity index (χ2v) is 6.86. The highest BCUT2D eigenvalue weighted by molar-refractivity contribution is 9.10. The van der Waals surface area contributed by atoms with Crippen molar-refractivity contribution in [2.45, 2.75) is 0 Å². The van der Waals surface area contributed by atoms with Gasteiger partial charge < -0.3 is 5.11 Å². The molecule has 0 aliphatic rings. The number of para-hydroxylation sites is 1. The second kappa shape index (κ2) is 6.64. The Hall–Kier alpha value is -2.30. The van der Waals surface area contributed by atoms with E-state index < -0.39 is 14.9 Å². The fourth-order valence-corrected chi connectivity index (χ4v) is 2.87. The Balaban J connectivity index is 2.36. The molecule has 2 aromatic carbocycles. The SMILES string of the molecule is N#C/C(=C\c1ccccc1O)S(=O)(=O)Nc1ccc(Br)cc1. The predicted molar refractivity (Wildman–Crippen MR) is 88.4 cm³/mol. The lowest BCUT2D eigenvalue weighted by Crippen LogP contribution is -2.14. The molecule has 0 radical (unpaired) electrons. The number of nitrogens with one attached hydrogen (secondary N) is 1. The standard InChI is InChI=1S/C15H11BrN2O3S/c16-12-5-7-13(8-6-12)18-22(20,21)14(10-17)9-11-3-1-2-4-15(11)19/h1-9,18-19H/b14-9+. The van der Waals surface area contributed by atoms with Crippen LogP contribution in [0.2, 0.25) is 0 Å². The van der Waals surface area contributed by atoms with E-state index in [2.05, 4.69) is 20.7 Å². The zero-order chi connectivity index (χ0) is 16.2. The average Bonchev–Trinajstić information content (AvgIpc) is 2.48. The molecule has 0 atom stereocenters. The quantitative estimate of drug-likeness (QED) is 0.796. The summed E-state index contributed by atoms with van der Waals surface area (Å²) in [6, 6.07) is 14.3. The largest absolute Gasteiger partial charge is 0.507 e. The summed E-state index contributed by atoms with van der Waals surface area (Å²) in [5.41, 5.74) is 0.585. The van der Waals surface area contributed by atoms with Gasteiger partial charge in [0.05, 0.1) is 0 Å². The second-order valence-electron chi connectivity index (χ2n) is 4.29. The third-order valence-corrected chi connectivity index (χ3v) is 4.54. The summed E-state index contributed by atoms with van der Waals surface area (Å²) in [6.45, 7) is 0. The van der Waals surface area contributed by atoms with Gasteiger partial charge in [-0.3, -0.25) is 4.72 Å². The summed E-state index contributed by atoms with van der Waals surface area (Å²) in [4.78, 5) is -0.489. The Morgan fingerprint density at radius 2 is 1.82 bits per heavy atom. The lowest BCUT2D eigenvalue weighted by atomic mass is 10.2. The summed E-state index contributed by atoms with van der Waals surface area (Å²) >= 11 is 3.25. The van der Waals surface area contributed by atoms with Crippen LogP contribution in [-0.4, -0.2) is 13.5 Å². The number of rotatable bonds is 4. The maximum absolute atomic E-state index is 12.2. The number of nitrogens with zero attached hydrogens (tertiary/aromatic N) is 1. The topological polar surface area (TPSA) is 90.2 Å². The number of phenolic OH excluding ortho intramolecular Hbond substituents is 1. The first-order valence-corrected chi connectivity index (χ1v) is 8.38. The minimum Gasteiger partial charge on any atom is -0.507 e. The molecule has 0 spiro atoms. The van der Waals surface area contributed by atoms with Crippen molar-refractivity contribution >= 4 is 37.7 Å². The molecule has 5 nitrogen and oxygen atoms in total. The Bertz CT molecular complexity index is 853. The predicted octanol–water partition coefficient (Wildman–Crippen LogP) is 3.46. The number of hydrogen-bond donors (Lipinski definition) is 2. The molecule has 2 rings (SSSR count). The van der Waals surface area contributed by atoms with Gasteiger partial charge in [0.2, 0.25) is 0 Å². The van der Waals surface area contributed by atoms with Crippen LogP contribution in [-0.2, 0) is 10.0 Å². The first kappa shape index (κ1) is 16.1. The maximum atomic E-state index is 12.2. The van der Waals surface area contributed by atoms with E-state index in [1.54, 1.807) is 42.5 Å². The van der Waals surface area contributed by atoms with E-state index in [4.69, 9.17) is 5.26 Å². The molecule has 0 unspecified atom stereocenters. The smallest absolute Gasteiger partial charge is 0.272 e. The van der Waals surface area contributed by atoms with Crippen LogP contribution in [0.5, 0.6) is 5.75 Å². The van der Waals surface area contributed by atoms with E-state index >= 15 is 0 Å². The molecule has 0 saturated heterocycles. The molecule has 112 valence electrons. The first-order chi connectivity index (χ1) is 10.4. The van der Waals surface area contributed by atoms with Crippen LogP contribution < -0.4 is 4.72 Å². The van der Waals surface area contributed by atoms with Gasteiger partial charge in [-0.15, -0.1) is 0 Å². The fourth-order valence-electron chi connectivity index (χ4n) is 1.65. The van der Waals surface area contributed by atoms with Crippen LogP contribution in [0.3, 0.4) is 0 Å². The van der Waals surface area contributed by atoms with E-state index in [0.717, 1.165) is 10.5 Å². The van der Waals surface area contributed by atoms with E-state index in [1.165, 1.54) is 12.1 Å². The molecule has 2 N–H and O–H groups in total. The summed E-state index contributed by atoms with van der Waals surface area (Å²) in [6.07, 6.45) is 1.12. The van der Waals surface area contributed by atoms with E-state index in [0.29, 0.717) is 5.69 Å². The van der Waals surface area contributed by atoms with Crippen LogP contribution in [0, 0.1) is 11.3 Å². The summed E-state index contributed by atoms with van der Waals surface area (Å²) in [5.74, 6) is -0.103. The van der Waals surface area contributed by atoms with Gasteiger partial charge in [-0.2, -0.15) is 5.26 Å². The molecule has 0 saturated carbocycles. The van der Waals surface area contributed by atoms with Gasteiger partial charge >= 0.3 is 0 Å². The third kappa shape index (κ3) is 3.87. The number of aromatic hydroxyl groups is 1. The summed E-state index contributed by atoms with van der Waals surface area (Å²) in [5, 5.41) is 18.8. The number of benzene rings is 2. The van der Waals surface area contributed by atoms with Crippen molar-refractivity contribution in [3.8, 4) is 11.8 Å². The monoisotopic (exact) mass is 378 g/mol. The number of anilines is 1. The van der Waals surface area contributed by atoms with Crippen molar-refractivity contribution in [2.75, 3.05) is 4.72 Å². The Kier molecular flexibility index (Phi) is 4.85. The lowest BCUT2D eigenvalue weighted by Gasteiger charge is -2.07. The molecule has 7 heteroatoms. The summed E-state index contributed by atoms with van der Waals surface area (Å²) < 4.78 is 27.6. The molecular formula is C15H11BrN2O3S. The number of nitriles is 1. The average molecular weight is 379 g/mol. The van der Waals surface area contributed by atoms with Crippen molar-refractivity contribution in [1.29, 1.82) is 5.26 Å². The Morgan fingerprint density at radius 3 is 2.41 bits per heavy atom. The number of halogens is 1. The van der Waals surface area contributed by atoms with Crippen LogP contribution in [0.4, 0.5) is 5.69 Å². The zero-order valence-electron chi connectivity index (χ0n) is 11.2. The molecular weight excluding hydrogens is 368 g/mol. The van der Waals surface area contributed by atoms with Crippen LogP contribution in [0.15, 0.2) is 57.9 Å². The Labute approximate surface area is 136 Å². The Morgan fingerprint density at radius 1 is 1.18 bits per heavy atom. The van der Waals surface area contributed by atoms with Gasteiger partial charge in [-0.25, -0.2) is 8.42 Å². The van der Waals surface area contributed by atoms with Gasteiger partial charge in [-0.05, 0) is 36.4 Å². The summed E-state index contributed by atoms with van der Waals surface area (Å²) in [7, 11) is -4.03.